The maximum Gasteiger partial charge on any atom is 0.328 e. The van der Waals surface area contributed by atoms with E-state index >= 15 is 0 Å². The molecule has 0 saturated heterocycles. The lowest BCUT2D eigenvalue weighted by Crippen LogP contribution is -2.45. The number of halogens is 1. The molecule has 7 heteroatoms. The molecule has 1 aromatic carbocycles. The van der Waals surface area contributed by atoms with Gasteiger partial charge in [0.25, 0.3) is 0 Å². The van der Waals surface area contributed by atoms with Crippen LogP contribution in [0.5, 0.6) is 0 Å². The average Bonchev–Trinajstić information content (AvgIpc) is 2.78. The first-order valence-corrected chi connectivity index (χ1v) is 13.3. The highest BCUT2D eigenvalue weighted by Crippen LogP contribution is 2.33. The molecule has 0 aliphatic rings. The van der Waals surface area contributed by atoms with Crippen molar-refractivity contribution in [1.82, 2.24) is 0 Å². The van der Waals surface area contributed by atoms with Crippen molar-refractivity contribution in [3.63, 3.8) is 0 Å². The Hall–Kier alpha value is -1.34. The van der Waals surface area contributed by atoms with Crippen molar-refractivity contribution in [2.75, 3.05) is 17.8 Å². The molecule has 0 saturated carbocycles. The first-order chi connectivity index (χ1) is 15.2. The zero-order valence-corrected chi connectivity index (χ0v) is 22.6. The summed E-state index contributed by atoms with van der Waals surface area (Å²) in [6.45, 7) is 7.66. The van der Waals surface area contributed by atoms with Gasteiger partial charge in [0.2, 0.25) is 5.91 Å². The Morgan fingerprint density at radius 2 is 1.62 bits per heavy atom. The highest BCUT2D eigenvalue weighted by molar-refractivity contribution is 9.10. The molecule has 5 nitrogen and oxygen atoms in total. The quantitative estimate of drug-likeness (QED) is 0.197. The summed E-state index contributed by atoms with van der Waals surface area (Å²) in [4.78, 5) is 39.2. The van der Waals surface area contributed by atoms with Gasteiger partial charge in [-0.2, -0.15) is 0 Å². The summed E-state index contributed by atoms with van der Waals surface area (Å²) in [6, 6.07) is 3.03. The minimum Gasteiger partial charge on any atom is -0.467 e. The normalized spacial score (nSPS) is 11.8. The second kappa shape index (κ2) is 15.5. The number of aryl methyl sites for hydroxylation is 1. The second-order valence-electron chi connectivity index (χ2n) is 8.19. The molecule has 0 aliphatic heterocycles. The molecule has 0 N–H and O–H groups in total. The fourth-order valence-electron chi connectivity index (χ4n) is 3.68. The predicted octanol–water partition coefficient (Wildman–Crippen LogP) is 6.75. The number of anilines is 1. The summed E-state index contributed by atoms with van der Waals surface area (Å²) in [5, 5.41) is 0.0256. The fourth-order valence-corrected chi connectivity index (χ4v) is 4.71. The molecule has 0 unspecified atom stereocenters. The third-order valence-electron chi connectivity index (χ3n) is 5.60. The van der Waals surface area contributed by atoms with Gasteiger partial charge in [0, 0.05) is 10.9 Å². The molecule has 0 aliphatic carbocycles. The number of nitrogens with zero attached hydrogens (tertiary/aromatic N) is 1. The Morgan fingerprint density at radius 1 is 1.03 bits per heavy atom. The standard InChI is InChI=1S/C25H38BrNO4S/c1-6-7-8-9-10-11-12-13-14-23(29)32-17-22(28)27(20(4)25(30)31-5)24-18(2)15-16-21(26)19(24)3/h15-16,20H,6-14,17H2,1-5H3/t20-/m0/s1. The Kier molecular flexibility index (Phi) is 13.9. The summed E-state index contributed by atoms with van der Waals surface area (Å²) >= 11 is 4.55. The topological polar surface area (TPSA) is 63.7 Å². The van der Waals surface area contributed by atoms with Crippen LogP contribution in [0.2, 0.25) is 0 Å². The van der Waals surface area contributed by atoms with Gasteiger partial charge >= 0.3 is 5.97 Å². The summed E-state index contributed by atoms with van der Waals surface area (Å²) in [6.07, 6.45) is 9.90. The number of unbranched alkanes of at least 4 members (excludes halogenated alkanes) is 7. The van der Waals surface area contributed by atoms with E-state index in [2.05, 4.69) is 22.9 Å². The fraction of sp³-hybridized carbons (Fsp3) is 0.640. The van der Waals surface area contributed by atoms with Crippen molar-refractivity contribution in [2.45, 2.75) is 91.5 Å². The minimum absolute atomic E-state index is 0.00256. The molecule has 0 heterocycles. The molecule has 1 aromatic rings. The van der Waals surface area contributed by atoms with Crippen molar-refractivity contribution in [3.8, 4) is 0 Å². The summed E-state index contributed by atoms with van der Waals surface area (Å²) in [5.41, 5.74) is 2.42. The van der Waals surface area contributed by atoms with Gasteiger partial charge in [-0.15, -0.1) is 0 Å². The molecule has 0 bridgehead atoms. The Balaban J connectivity index is 2.68. The van der Waals surface area contributed by atoms with Crippen molar-refractivity contribution in [2.24, 2.45) is 0 Å². The van der Waals surface area contributed by atoms with E-state index in [-0.39, 0.29) is 16.8 Å². The highest BCUT2D eigenvalue weighted by Gasteiger charge is 2.31. The zero-order chi connectivity index (χ0) is 24.1. The van der Waals surface area contributed by atoms with E-state index < -0.39 is 12.0 Å². The zero-order valence-electron chi connectivity index (χ0n) is 20.2. The third kappa shape index (κ3) is 9.26. The van der Waals surface area contributed by atoms with Crippen LogP contribution in [0.15, 0.2) is 16.6 Å². The summed E-state index contributed by atoms with van der Waals surface area (Å²) < 4.78 is 5.74. The van der Waals surface area contributed by atoms with Crippen molar-refractivity contribution in [3.05, 3.63) is 27.7 Å². The van der Waals surface area contributed by atoms with E-state index in [4.69, 9.17) is 4.74 Å². The van der Waals surface area contributed by atoms with E-state index in [1.54, 1.807) is 6.92 Å². The number of rotatable bonds is 14. The summed E-state index contributed by atoms with van der Waals surface area (Å²) in [5.74, 6) is -0.767. The summed E-state index contributed by atoms with van der Waals surface area (Å²) in [7, 11) is 1.31. The Labute approximate surface area is 206 Å². The van der Waals surface area contributed by atoms with Gasteiger partial charge in [0.15, 0.2) is 5.12 Å². The number of carbonyl (C=O) groups is 3. The first-order valence-electron chi connectivity index (χ1n) is 11.6. The van der Waals surface area contributed by atoms with Crippen LogP contribution in [-0.2, 0) is 19.1 Å². The van der Waals surface area contributed by atoms with E-state index in [0.717, 1.165) is 46.6 Å². The lowest BCUT2D eigenvalue weighted by Gasteiger charge is -2.30. The Bertz CT molecular complexity index is 769. The Morgan fingerprint density at radius 3 is 2.22 bits per heavy atom. The van der Waals surface area contributed by atoms with E-state index in [1.807, 2.05) is 26.0 Å². The number of methoxy groups -OCH3 is 1. The SMILES string of the molecule is CCCCCCCCCCC(=O)SCC(=O)N(c1c(C)ccc(Br)c1C)[C@@H](C)C(=O)OC. The van der Waals surface area contributed by atoms with E-state index in [0.29, 0.717) is 12.1 Å². The molecule has 1 rings (SSSR count). The number of hydrogen-bond acceptors (Lipinski definition) is 5. The maximum absolute atomic E-state index is 13.2. The predicted molar refractivity (Wildman–Crippen MR) is 137 cm³/mol. The van der Waals surface area contributed by atoms with Crippen LogP contribution < -0.4 is 4.90 Å². The van der Waals surface area contributed by atoms with Crippen LogP contribution in [0.1, 0.15) is 82.8 Å². The molecular weight excluding hydrogens is 490 g/mol. The number of ether oxygens (including phenoxy) is 1. The molecular formula is C25H38BrNO4S. The smallest absolute Gasteiger partial charge is 0.328 e. The molecule has 1 atom stereocenters. The lowest BCUT2D eigenvalue weighted by molar-refractivity contribution is -0.142. The number of amides is 1. The molecule has 32 heavy (non-hydrogen) atoms. The van der Waals surface area contributed by atoms with Gasteiger partial charge in [-0.05, 0) is 44.4 Å². The monoisotopic (exact) mass is 527 g/mol. The van der Waals surface area contributed by atoms with Crippen LogP contribution >= 0.6 is 27.7 Å². The highest BCUT2D eigenvalue weighted by atomic mass is 79.9. The third-order valence-corrected chi connectivity index (χ3v) is 7.37. The minimum atomic E-state index is -0.789. The van der Waals surface area contributed by atoms with Crippen LogP contribution in [0.3, 0.4) is 0 Å². The van der Waals surface area contributed by atoms with Crippen LogP contribution in [0.4, 0.5) is 5.69 Å². The van der Waals surface area contributed by atoms with Gasteiger partial charge < -0.3 is 4.74 Å². The van der Waals surface area contributed by atoms with E-state index in [9.17, 15) is 14.4 Å². The number of thioether (sulfide) groups is 1. The van der Waals surface area contributed by atoms with Crippen LogP contribution in [-0.4, -0.2) is 35.9 Å². The molecule has 1 amide bonds. The van der Waals surface area contributed by atoms with Crippen molar-refractivity contribution >= 4 is 50.4 Å². The van der Waals surface area contributed by atoms with E-state index in [1.165, 1.54) is 44.1 Å². The molecule has 0 aromatic heterocycles. The van der Waals surface area contributed by atoms with Crippen molar-refractivity contribution < 1.29 is 19.1 Å². The van der Waals surface area contributed by atoms with Crippen molar-refractivity contribution in [1.29, 1.82) is 0 Å². The molecule has 0 spiro atoms. The van der Waals surface area contributed by atoms with Gasteiger partial charge in [0.1, 0.15) is 6.04 Å². The molecule has 180 valence electrons. The van der Waals surface area contributed by atoms with Gasteiger partial charge in [-0.25, -0.2) is 4.79 Å². The molecule has 0 fully saturated rings. The van der Waals surface area contributed by atoms with Crippen LogP contribution in [0, 0.1) is 13.8 Å². The van der Waals surface area contributed by atoms with Gasteiger partial charge in [0.05, 0.1) is 18.6 Å². The van der Waals surface area contributed by atoms with Gasteiger partial charge in [-0.3, -0.25) is 14.5 Å². The van der Waals surface area contributed by atoms with Crippen LogP contribution in [0.25, 0.3) is 0 Å². The lowest BCUT2D eigenvalue weighted by atomic mass is 10.1. The second-order valence-corrected chi connectivity index (χ2v) is 10.1. The number of benzene rings is 1. The average molecular weight is 529 g/mol. The largest absolute Gasteiger partial charge is 0.467 e. The number of carbonyl (C=O) groups excluding carboxylic acids is 3. The molecule has 0 radical (unpaired) electrons. The maximum atomic E-state index is 13.2. The van der Waals surface area contributed by atoms with Gasteiger partial charge in [-0.1, -0.05) is 85.6 Å². The number of esters is 1. The first kappa shape index (κ1) is 28.7. The number of hydrogen-bond donors (Lipinski definition) is 0.